The van der Waals surface area contributed by atoms with Gasteiger partial charge in [-0.15, -0.1) is 0 Å². The van der Waals surface area contributed by atoms with Crippen LogP contribution in [0.5, 0.6) is 0 Å². The molecule has 0 radical (unpaired) electrons. The SMILES string of the molecule is CCCCCOC(=O)C1(C)OC12CCC2. The van der Waals surface area contributed by atoms with E-state index in [1.165, 1.54) is 6.42 Å². The van der Waals surface area contributed by atoms with Crippen molar-refractivity contribution in [2.75, 3.05) is 6.61 Å². The van der Waals surface area contributed by atoms with Crippen molar-refractivity contribution in [3.63, 3.8) is 0 Å². The maximum absolute atomic E-state index is 11.8. The molecule has 1 unspecified atom stereocenters. The molecule has 15 heavy (non-hydrogen) atoms. The van der Waals surface area contributed by atoms with Gasteiger partial charge in [-0.25, -0.2) is 4.79 Å². The summed E-state index contributed by atoms with van der Waals surface area (Å²) in [6, 6.07) is 0. The Hall–Kier alpha value is -0.570. The lowest BCUT2D eigenvalue weighted by molar-refractivity contribution is -0.149. The Labute approximate surface area is 91.1 Å². The zero-order valence-electron chi connectivity index (χ0n) is 9.67. The average Bonchev–Trinajstić information content (AvgIpc) is 2.81. The third kappa shape index (κ3) is 1.67. The van der Waals surface area contributed by atoms with Crippen LogP contribution in [0, 0.1) is 0 Å². The molecular weight excluding hydrogens is 192 g/mol. The number of epoxide rings is 1. The third-order valence-corrected chi connectivity index (χ3v) is 3.76. The van der Waals surface area contributed by atoms with Gasteiger partial charge >= 0.3 is 5.97 Å². The molecule has 1 saturated carbocycles. The Morgan fingerprint density at radius 1 is 1.40 bits per heavy atom. The fraction of sp³-hybridized carbons (Fsp3) is 0.917. The summed E-state index contributed by atoms with van der Waals surface area (Å²) >= 11 is 0. The van der Waals surface area contributed by atoms with Crippen LogP contribution in [0.4, 0.5) is 0 Å². The van der Waals surface area contributed by atoms with Crippen LogP contribution in [0.1, 0.15) is 52.4 Å². The normalized spacial score (nSPS) is 31.1. The second-order valence-corrected chi connectivity index (χ2v) is 4.83. The molecule has 3 heteroatoms. The van der Waals surface area contributed by atoms with Crippen molar-refractivity contribution in [3.8, 4) is 0 Å². The van der Waals surface area contributed by atoms with Crippen molar-refractivity contribution in [2.45, 2.75) is 63.6 Å². The Kier molecular flexibility index (Phi) is 2.75. The molecule has 0 bridgehead atoms. The third-order valence-electron chi connectivity index (χ3n) is 3.76. The van der Waals surface area contributed by atoms with Gasteiger partial charge in [-0.3, -0.25) is 0 Å². The number of ether oxygens (including phenoxy) is 2. The molecule has 0 aromatic heterocycles. The predicted octanol–water partition coefficient (Wildman–Crippen LogP) is 2.43. The number of carbonyl (C=O) groups excluding carboxylic acids is 1. The highest BCUT2D eigenvalue weighted by molar-refractivity contribution is 5.84. The van der Waals surface area contributed by atoms with Crippen LogP contribution in [-0.4, -0.2) is 23.8 Å². The number of rotatable bonds is 5. The molecule has 2 aliphatic rings. The second kappa shape index (κ2) is 3.78. The lowest BCUT2D eigenvalue weighted by atomic mass is 9.76. The smallest absolute Gasteiger partial charge is 0.341 e. The molecule has 86 valence electrons. The number of hydrogen-bond acceptors (Lipinski definition) is 3. The van der Waals surface area contributed by atoms with Gasteiger partial charge in [-0.05, 0) is 32.6 Å². The van der Waals surface area contributed by atoms with Crippen molar-refractivity contribution in [2.24, 2.45) is 0 Å². The van der Waals surface area contributed by atoms with Crippen LogP contribution in [0.3, 0.4) is 0 Å². The Bertz CT molecular complexity index is 258. The van der Waals surface area contributed by atoms with E-state index in [2.05, 4.69) is 6.92 Å². The molecule has 1 aliphatic carbocycles. The number of hydrogen-bond donors (Lipinski definition) is 0. The van der Waals surface area contributed by atoms with Gasteiger partial charge in [0.15, 0.2) is 5.60 Å². The molecule has 2 rings (SSSR count). The predicted molar refractivity (Wildman–Crippen MR) is 56.6 cm³/mol. The summed E-state index contributed by atoms with van der Waals surface area (Å²) in [6.07, 6.45) is 6.45. The first-order chi connectivity index (χ1) is 7.15. The van der Waals surface area contributed by atoms with E-state index in [0.717, 1.165) is 32.1 Å². The quantitative estimate of drug-likeness (QED) is 0.399. The van der Waals surface area contributed by atoms with E-state index >= 15 is 0 Å². The van der Waals surface area contributed by atoms with Crippen molar-refractivity contribution >= 4 is 5.97 Å². The van der Waals surface area contributed by atoms with Crippen LogP contribution in [-0.2, 0) is 14.3 Å². The monoisotopic (exact) mass is 212 g/mol. The largest absolute Gasteiger partial charge is 0.463 e. The zero-order chi connectivity index (χ0) is 10.9. The molecule has 1 atom stereocenters. The zero-order valence-corrected chi connectivity index (χ0v) is 9.67. The molecule has 3 nitrogen and oxygen atoms in total. The van der Waals surface area contributed by atoms with E-state index in [1.54, 1.807) is 0 Å². The Morgan fingerprint density at radius 3 is 2.60 bits per heavy atom. The summed E-state index contributed by atoms with van der Waals surface area (Å²) in [6.45, 7) is 4.55. The molecule has 1 heterocycles. The van der Waals surface area contributed by atoms with Crippen LogP contribution >= 0.6 is 0 Å². The van der Waals surface area contributed by atoms with Gasteiger partial charge < -0.3 is 9.47 Å². The topological polar surface area (TPSA) is 38.8 Å². The molecule has 1 spiro atoms. The standard InChI is InChI=1S/C12H20O3/c1-3-4-5-9-14-10(13)11(2)12(15-11)7-6-8-12/h3-9H2,1-2H3. The first-order valence-electron chi connectivity index (χ1n) is 6.02. The van der Waals surface area contributed by atoms with E-state index in [9.17, 15) is 4.79 Å². The van der Waals surface area contributed by atoms with E-state index in [1.807, 2.05) is 6.92 Å². The minimum atomic E-state index is -0.614. The summed E-state index contributed by atoms with van der Waals surface area (Å²) in [5, 5.41) is 0. The van der Waals surface area contributed by atoms with Gasteiger partial charge in [-0.1, -0.05) is 19.8 Å². The van der Waals surface area contributed by atoms with Crippen LogP contribution in [0.15, 0.2) is 0 Å². The molecule has 1 aliphatic heterocycles. The highest BCUT2D eigenvalue weighted by Crippen LogP contribution is 2.60. The number of carbonyl (C=O) groups is 1. The van der Waals surface area contributed by atoms with Crippen LogP contribution in [0.2, 0.25) is 0 Å². The summed E-state index contributed by atoms with van der Waals surface area (Å²) < 4.78 is 10.8. The summed E-state index contributed by atoms with van der Waals surface area (Å²) in [7, 11) is 0. The number of unbranched alkanes of at least 4 members (excludes halogenated alkanes) is 2. The van der Waals surface area contributed by atoms with Crippen molar-refractivity contribution in [1.82, 2.24) is 0 Å². The highest BCUT2D eigenvalue weighted by atomic mass is 16.7. The van der Waals surface area contributed by atoms with Crippen LogP contribution < -0.4 is 0 Å². The van der Waals surface area contributed by atoms with E-state index in [0.29, 0.717) is 6.61 Å². The molecule has 0 N–H and O–H groups in total. The molecule has 2 fully saturated rings. The van der Waals surface area contributed by atoms with Gasteiger partial charge in [0, 0.05) is 0 Å². The molecule has 1 saturated heterocycles. The molecule has 0 amide bonds. The molecule has 0 aromatic rings. The maximum Gasteiger partial charge on any atom is 0.341 e. The molecular formula is C12H20O3. The minimum absolute atomic E-state index is 0.130. The summed E-state index contributed by atoms with van der Waals surface area (Å²) in [4.78, 5) is 11.8. The van der Waals surface area contributed by atoms with Gasteiger partial charge in [0.1, 0.15) is 5.60 Å². The van der Waals surface area contributed by atoms with Gasteiger partial charge in [0.05, 0.1) is 6.61 Å². The van der Waals surface area contributed by atoms with E-state index in [4.69, 9.17) is 9.47 Å². The van der Waals surface area contributed by atoms with Crippen molar-refractivity contribution < 1.29 is 14.3 Å². The van der Waals surface area contributed by atoms with Crippen molar-refractivity contribution in [1.29, 1.82) is 0 Å². The second-order valence-electron chi connectivity index (χ2n) is 4.83. The van der Waals surface area contributed by atoms with Gasteiger partial charge in [-0.2, -0.15) is 0 Å². The lowest BCUT2D eigenvalue weighted by Crippen LogP contribution is -2.37. The first kappa shape index (κ1) is 10.9. The Balaban J connectivity index is 1.73. The maximum atomic E-state index is 11.8. The average molecular weight is 212 g/mol. The van der Waals surface area contributed by atoms with E-state index < -0.39 is 5.60 Å². The summed E-state index contributed by atoms with van der Waals surface area (Å²) in [5.74, 6) is -0.154. The Morgan fingerprint density at radius 2 is 2.13 bits per heavy atom. The minimum Gasteiger partial charge on any atom is -0.463 e. The fourth-order valence-corrected chi connectivity index (χ4v) is 2.32. The van der Waals surface area contributed by atoms with Gasteiger partial charge in [0.25, 0.3) is 0 Å². The first-order valence-corrected chi connectivity index (χ1v) is 6.02. The highest BCUT2D eigenvalue weighted by Gasteiger charge is 2.74. The fourth-order valence-electron chi connectivity index (χ4n) is 2.32. The lowest BCUT2D eigenvalue weighted by Gasteiger charge is -2.24. The van der Waals surface area contributed by atoms with Crippen molar-refractivity contribution in [3.05, 3.63) is 0 Å². The van der Waals surface area contributed by atoms with Gasteiger partial charge in [0.2, 0.25) is 0 Å². The van der Waals surface area contributed by atoms with E-state index in [-0.39, 0.29) is 11.6 Å². The summed E-state index contributed by atoms with van der Waals surface area (Å²) in [5.41, 5.74) is -0.744. The van der Waals surface area contributed by atoms with Crippen LogP contribution in [0.25, 0.3) is 0 Å². The molecule has 0 aromatic carbocycles. The number of esters is 1.